The molecule has 0 unspecified atom stereocenters. The number of hydrogen-bond acceptors (Lipinski definition) is 3. The number of esters is 1. The zero-order valence-electron chi connectivity index (χ0n) is 11.8. The van der Waals surface area contributed by atoms with Crippen molar-refractivity contribution < 1.29 is 14.3 Å². The van der Waals surface area contributed by atoms with E-state index >= 15 is 0 Å². The van der Waals surface area contributed by atoms with Gasteiger partial charge in [-0.1, -0.05) is 30.3 Å². The van der Waals surface area contributed by atoms with Crippen LogP contribution in [0.4, 0.5) is 0 Å². The average molecular weight is 271 g/mol. The summed E-state index contributed by atoms with van der Waals surface area (Å²) < 4.78 is 6.78. The second-order valence-electron chi connectivity index (χ2n) is 4.50. The van der Waals surface area contributed by atoms with Gasteiger partial charge in [0.2, 0.25) is 0 Å². The lowest BCUT2D eigenvalue weighted by molar-refractivity contribution is 0.0523. The summed E-state index contributed by atoms with van der Waals surface area (Å²) in [6.07, 6.45) is 0.700. The molecular weight excluding hydrogens is 254 g/mol. The minimum Gasteiger partial charge on any atom is -0.462 e. The monoisotopic (exact) mass is 271 g/mol. The SMILES string of the molecule is CCOC(=O)c1c(C)c(-c2ccccc2)n(C)c1C=O. The molecular formula is C16H17NO3. The minimum atomic E-state index is -0.454. The Hall–Kier alpha value is -2.36. The molecule has 0 atom stereocenters. The Morgan fingerprint density at radius 3 is 2.50 bits per heavy atom. The molecule has 0 amide bonds. The molecule has 0 saturated heterocycles. The molecule has 1 aromatic carbocycles. The van der Waals surface area contributed by atoms with E-state index in [1.54, 1.807) is 18.5 Å². The van der Waals surface area contributed by atoms with Crippen molar-refractivity contribution in [3.05, 3.63) is 47.2 Å². The van der Waals surface area contributed by atoms with Gasteiger partial charge in [0, 0.05) is 7.05 Å². The van der Waals surface area contributed by atoms with Crippen molar-refractivity contribution in [2.75, 3.05) is 6.61 Å². The van der Waals surface area contributed by atoms with Crippen molar-refractivity contribution in [1.29, 1.82) is 0 Å². The van der Waals surface area contributed by atoms with Crippen LogP contribution in [0.1, 0.15) is 33.3 Å². The van der Waals surface area contributed by atoms with Gasteiger partial charge < -0.3 is 9.30 Å². The van der Waals surface area contributed by atoms with E-state index < -0.39 is 5.97 Å². The van der Waals surface area contributed by atoms with E-state index in [0.717, 1.165) is 16.8 Å². The molecule has 104 valence electrons. The molecule has 0 radical (unpaired) electrons. The number of benzene rings is 1. The maximum Gasteiger partial charge on any atom is 0.340 e. The van der Waals surface area contributed by atoms with E-state index in [1.807, 2.05) is 37.3 Å². The van der Waals surface area contributed by atoms with Crippen LogP contribution in [-0.2, 0) is 11.8 Å². The van der Waals surface area contributed by atoms with Gasteiger partial charge in [-0.2, -0.15) is 0 Å². The number of carbonyl (C=O) groups excluding carboxylic acids is 2. The highest BCUT2D eigenvalue weighted by molar-refractivity contribution is 6.01. The van der Waals surface area contributed by atoms with Crippen LogP contribution in [0, 0.1) is 6.92 Å². The van der Waals surface area contributed by atoms with Gasteiger partial charge >= 0.3 is 5.97 Å². The molecule has 0 bridgehead atoms. The number of carbonyl (C=O) groups is 2. The lowest BCUT2D eigenvalue weighted by atomic mass is 10.1. The molecule has 0 aliphatic carbocycles. The first-order valence-corrected chi connectivity index (χ1v) is 6.48. The lowest BCUT2D eigenvalue weighted by Crippen LogP contribution is -2.09. The summed E-state index contributed by atoms with van der Waals surface area (Å²) in [6, 6.07) is 9.67. The predicted octanol–water partition coefficient (Wildman–Crippen LogP) is 2.99. The number of aromatic nitrogens is 1. The molecule has 0 N–H and O–H groups in total. The van der Waals surface area contributed by atoms with Gasteiger partial charge in [-0.05, 0) is 25.0 Å². The second-order valence-corrected chi connectivity index (χ2v) is 4.50. The number of ether oxygens (including phenoxy) is 1. The van der Waals surface area contributed by atoms with Crippen LogP contribution in [0.15, 0.2) is 30.3 Å². The molecule has 2 rings (SSSR count). The molecule has 0 fully saturated rings. The third-order valence-electron chi connectivity index (χ3n) is 3.32. The molecule has 20 heavy (non-hydrogen) atoms. The van der Waals surface area contributed by atoms with Crippen molar-refractivity contribution in [1.82, 2.24) is 4.57 Å². The normalized spacial score (nSPS) is 10.3. The molecule has 2 aromatic rings. The van der Waals surface area contributed by atoms with E-state index in [1.165, 1.54) is 0 Å². The first-order chi connectivity index (χ1) is 9.61. The van der Waals surface area contributed by atoms with Crippen LogP contribution in [-0.4, -0.2) is 23.4 Å². The van der Waals surface area contributed by atoms with Crippen LogP contribution >= 0.6 is 0 Å². The Labute approximate surface area is 118 Å². The highest BCUT2D eigenvalue weighted by atomic mass is 16.5. The smallest absolute Gasteiger partial charge is 0.340 e. The topological polar surface area (TPSA) is 48.3 Å². The first-order valence-electron chi connectivity index (χ1n) is 6.48. The van der Waals surface area contributed by atoms with E-state index in [-0.39, 0.29) is 6.61 Å². The fourth-order valence-corrected chi connectivity index (χ4v) is 2.46. The maximum absolute atomic E-state index is 12.0. The lowest BCUT2D eigenvalue weighted by Gasteiger charge is -2.05. The summed E-state index contributed by atoms with van der Waals surface area (Å²) in [4.78, 5) is 23.4. The Kier molecular flexibility index (Phi) is 4.03. The van der Waals surface area contributed by atoms with Gasteiger partial charge in [-0.3, -0.25) is 4.79 Å². The zero-order chi connectivity index (χ0) is 14.7. The molecule has 0 aliphatic heterocycles. The van der Waals surface area contributed by atoms with Crippen LogP contribution in [0.25, 0.3) is 11.3 Å². The maximum atomic E-state index is 12.0. The molecule has 0 spiro atoms. The summed E-state index contributed by atoms with van der Waals surface area (Å²) in [5.41, 5.74) is 3.28. The van der Waals surface area contributed by atoms with E-state index in [0.29, 0.717) is 17.5 Å². The summed E-state index contributed by atoms with van der Waals surface area (Å²) in [5.74, 6) is -0.454. The number of aldehydes is 1. The summed E-state index contributed by atoms with van der Waals surface area (Å²) >= 11 is 0. The van der Waals surface area contributed by atoms with Crippen LogP contribution in [0.3, 0.4) is 0 Å². The fourth-order valence-electron chi connectivity index (χ4n) is 2.46. The first kappa shape index (κ1) is 14.1. The number of hydrogen-bond donors (Lipinski definition) is 0. The number of nitrogens with zero attached hydrogens (tertiary/aromatic N) is 1. The van der Waals surface area contributed by atoms with Crippen molar-refractivity contribution in [2.24, 2.45) is 7.05 Å². The Morgan fingerprint density at radius 1 is 1.30 bits per heavy atom. The third kappa shape index (κ3) is 2.25. The van der Waals surface area contributed by atoms with Gasteiger partial charge in [0.15, 0.2) is 6.29 Å². The summed E-state index contributed by atoms with van der Waals surface area (Å²) in [5, 5.41) is 0. The molecule has 4 nitrogen and oxygen atoms in total. The van der Waals surface area contributed by atoms with Crippen molar-refractivity contribution in [3.63, 3.8) is 0 Å². The van der Waals surface area contributed by atoms with Crippen LogP contribution in [0.2, 0.25) is 0 Å². The van der Waals surface area contributed by atoms with Gasteiger partial charge in [0.05, 0.1) is 23.6 Å². The Morgan fingerprint density at radius 2 is 1.95 bits per heavy atom. The predicted molar refractivity (Wildman–Crippen MR) is 76.9 cm³/mol. The molecule has 4 heteroatoms. The van der Waals surface area contributed by atoms with Gasteiger partial charge in [0.25, 0.3) is 0 Å². The molecule has 0 aliphatic rings. The Balaban J connectivity index is 2.67. The van der Waals surface area contributed by atoms with Crippen molar-refractivity contribution >= 4 is 12.3 Å². The van der Waals surface area contributed by atoms with E-state index in [4.69, 9.17) is 4.74 Å². The van der Waals surface area contributed by atoms with Gasteiger partial charge in [-0.15, -0.1) is 0 Å². The molecule has 1 heterocycles. The average Bonchev–Trinajstić information content (AvgIpc) is 2.70. The number of rotatable bonds is 4. The second kappa shape index (κ2) is 5.74. The zero-order valence-corrected chi connectivity index (χ0v) is 11.8. The quantitative estimate of drug-likeness (QED) is 0.634. The minimum absolute atomic E-state index is 0.284. The molecule has 1 aromatic heterocycles. The van der Waals surface area contributed by atoms with E-state index in [2.05, 4.69) is 0 Å². The van der Waals surface area contributed by atoms with Crippen LogP contribution < -0.4 is 0 Å². The highest BCUT2D eigenvalue weighted by Gasteiger charge is 2.24. The summed E-state index contributed by atoms with van der Waals surface area (Å²) in [7, 11) is 1.78. The van der Waals surface area contributed by atoms with Gasteiger partial charge in [-0.25, -0.2) is 4.79 Å². The van der Waals surface area contributed by atoms with Crippen molar-refractivity contribution in [2.45, 2.75) is 13.8 Å². The largest absolute Gasteiger partial charge is 0.462 e. The highest BCUT2D eigenvalue weighted by Crippen LogP contribution is 2.30. The third-order valence-corrected chi connectivity index (χ3v) is 3.32. The van der Waals surface area contributed by atoms with E-state index in [9.17, 15) is 9.59 Å². The summed E-state index contributed by atoms with van der Waals surface area (Å²) in [6.45, 7) is 3.86. The van der Waals surface area contributed by atoms with Crippen LogP contribution in [0.5, 0.6) is 0 Å². The van der Waals surface area contributed by atoms with Crippen molar-refractivity contribution in [3.8, 4) is 11.3 Å². The fraction of sp³-hybridized carbons (Fsp3) is 0.250. The molecule has 0 saturated carbocycles. The van der Waals surface area contributed by atoms with Gasteiger partial charge in [0.1, 0.15) is 0 Å². The standard InChI is InChI=1S/C16H17NO3/c1-4-20-16(19)14-11(2)15(17(3)13(14)10-18)12-8-6-5-7-9-12/h5-10H,4H2,1-3H3. The Bertz CT molecular complexity index is 641.